The first-order valence-corrected chi connectivity index (χ1v) is 6.59. The predicted molar refractivity (Wildman–Crippen MR) is 73.6 cm³/mol. The van der Waals surface area contributed by atoms with Gasteiger partial charge in [0.05, 0.1) is 31.6 Å². The molecule has 6 nitrogen and oxygen atoms in total. The molecule has 1 aliphatic rings. The van der Waals surface area contributed by atoms with Gasteiger partial charge < -0.3 is 20.1 Å². The van der Waals surface area contributed by atoms with E-state index in [2.05, 4.69) is 15.4 Å². The fourth-order valence-corrected chi connectivity index (χ4v) is 2.08. The third kappa shape index (κ3) is 4.24. The number of benzene rings is 1. The molecule has 0 spiro atoms. The number of esters is 1. The molecule has 1 aromatic rings. The normalized spacial score (nSPS) is 18.1. The van der Waals surface area contributed by atoms with Crippen molar-refractivity contribution in [3.05, 3.63) is 29.6 Å². The van der Waals surface area contributed by atoms with Gasteiger partial charge >= 0.3 is 5.97 Å². The Labute approximate surface area is 121 Å². The Kier molecular flexibility index (Phi) is 5.24. The number of rotatable bonds is 4. The van der Waals surface area contributed by atoms with Crippen LogP contribution in [0.15, 0.2) is 18.2 Å². The Morgan fingerprint density at radius 1 is 1.52 bits per heavy atom. The van der Waals surface area contributed by atoms with Crippen LogP contribution in [0.4, 0.5) is 10.1 Å². The molecule has 1 heterocycles. The second kappa shape index (κ2) is 7.14. The number of ether oxygens (including phenoxy) is 2. The van der Waals surface area contributed by atoms with Gasteiger partial charge in [-0.25, -0.2) is 9.18 Å². The number of carbonyl (C=O) groups excluding carboxylic acids is 2. The molecule has 1 fully saturated rings. The summed E-state index contributed by atoms with van der Waals surface area (Å²) in [4.78, 5) is 23.6. The molecule has 0 bridgehead atoms. The van der Waals surface area contributed by atoms with E-state index in [-0.39, 0.29) is 29.6 Å². The Morgan fingerprint density at radius 2 is 2.33 bits per heavy atom. The molecule has 1 amide bonds. The average molecular weight is 296 g/mol. The van der Waals surface area contributed by atoms with Crippen molar-refractivity contribution in [3.63, 3.8) is 0 Å². The van der Waals surface area contributed by atoms with Crippen LogP contribution in [0.5, 0.6) is 0 Å². The van der Waals surface area contributed by atoms with Gasteiger partial charge in [0.1, 0.15) is 5.82 Å². The van der Waals surface area contributed by atoms with E-state index in [9.17, 15) is 14.0 Å². The number of hydrogen-bond acceptors (Lipinski definition) is 5. The summed E-state index contributed by atoms with van der Waals surface area (Å²) in [5.74, 6) is -1.50. The van der Waals surface area contributed by atoms with E-state index >= 15 is 0 Å². The van der Waals surface area contributed by atoms with Gasteiger partial charge in [0.15, 0.2) is 0 Å². The van der Waals surface area contributed by atoms with Crippen LogP contribution in [0.1, 0.15) is 16.8 Å². The molecule has 2 N–H and O–H groups in total. The largest absolute Gasteiger partial charge is 0.465 e. The summed E-state index contributed by atoms with van der Waals surface area (Å²) >= 11 is 0. The number of methoxy groups -OCH3 is 1. The van der Waals surface area contributed by atoms with Crippen LogP contribution in [0.25, 0.3) is 0 Å². The Hall–Kier alpha value is -1.99. The van der Waals surface area contributed by atoms with Crippen molar-refractivity contribution in [1.82, 2.24) is 5.32 Å². The van der Waals surface area contributed by atoms with Gasteiger partial charge in [-0.1, -0.05) is 0 Å². The number of amides is 1. The van der Waals surface area contributed by atoms with Crippen LogP contribution in [0.3, 0.4) is 0 Å². The fraction of sp³-hybridized carbons (Fsp3) is 0.429. The predicted octanol–water partition coefficient (Wildman–Crippen LogP) is 0.929. The van der Waals surface area contributed by atoms with Gasteiger partial charge in [0.2, 0.25) is 5.91 Å². The smallest absolute Gasteiger partial charge is 0.339 e. The second-order valence-corrected chi connectivity index (χ2v) is 4.66. The molecule has 2 rings (SSSR count). The average Bonchev–Trinajstić information content (AvgIpc) is 2.47. The van der Waals surface area contributed by atoms with Gasteiger partial charge in [-0.05, 0) is 18.2 Å². The lowest BCUT2D eigenvalue weighted by atomic mass is 10.1. The zero-order chi connectivity index (χ0) is 15.2. The highest BCUT2D eigenvalue weighted by Crippen LogP contribution is 2.18. The molecule has 0 saturated carbocycles. The van der Waals surface area contributed by atoms with E-state index in [0.29, 0.717) is 19.8 Å². The molecule has 1 saturated heterocycles. The van der Waals surface area contributed by atoms with Crippen LogP contribution in [0, 0.1) is 5.82 Å². The lowest BCUT2D eigenvalue weighted by molar-refractivity contribution is -0.117. The van der Waals surface area contributed by atoms with E-state index < -0.39 is 11.8 Å². The van der Waals surface area contributed by atoms with E-state index in [1.807, 2.05) is 0 Å². The van der Waals surface area contributed by atoms with Crippen molar-refractivity contribution in [2.24, 2.45) is 0 Å². The van der Waals surface area contributed by atoms with Crippen molar-refractivity contribution < 1.29 is 23.5 Å². The van der Waals surface area contributed by atoms with Gasteiger partial charge in [0, 0.05) is 19.0 Å². The number of nitrogens with one attached hydrogen (secondary N) is 2. The maximum absolute atomic E-state index is 13.3. The minimum absolute atomic E-state index is 0.0890. The van der Waals surface area contributed by atoms with Gasteiger partial charge in [0.25, 0.3) is 0 Å². The summed E-state index contributed by atoms with van der Waals surface area (Å²) in [6.45, 7) is 1.75. The molecule has 1 aromatic carbocycles. The van der Waals surface area contributed by atoms with Crippen LogP contribution in [0.2, 0.25) is 0 Å². The number of hydrogen-bond donors (Lipinski definition) is 2. The number of anilines is 1. The molecular formula is C14H17FN2O4. The second-order valence-electron chi connectivity index (χ2n) is 4.66. The first-order chi connectivity index (χ1) is 10.1. The molecule has 1 aliphatic heterocycles. The summed E-state index contributed by atoms with van der Waals surface area (Å²) < 4.78 is 23.1. The molecule has 0 aromatic heterocycles. The lowest BCUT2D eigenvalue weighted by Crippen LogP contribution is -2.43. The molecule has 114 valence electrons. The van der Waals surface area contributed by atoms with E-state index in [1.165, 1.54) is 13.2 Å². The maximum Gasteiger partial charge on any atom is 0.339 e. The first-order valence-electron chi connectivity index (χ1n) is 6.59. The van der Waals surface area contributed by atoms with Crippen molar-refractivity contribution in [2.45, 2.75) is 12.5 Å². The Morgan fingerprint density at radius 3 is 3.00 bits per heavy atom. The van der Waals surface area contributed by atoms with Gasteiger partial charge in [-0.15, -0.1) is 0 Å². The van der Waals surface area contributed by atoms with Crippen molar-refractivity contribution >= 4 is 17.6 Å². The molecule has 1 atom stereocenters. The maximum atomic E-state index is 13.3. The van der Waals surface area contributed by atoms with Gasteiger partial charge in [-0.2, -0.15) is 0 Å². The van der Waals surface area contributed by atoms with Crippen LogP contribution in [-0.2, 0) is 14.3 Å². The highest BCUT2D eigenvalue weighted by Gasteiger charge is 2.19. The van der Waals surface area contributed by atoms with Gasteiger partial charge in [-0.3, -0.25) is 4.79 Å². The van der Waals surface area contributed by atoms with Crippen molar-refractivity contribution in [3.8, 4) is 0 Å². The summed E-state index contributed by atoms with van der Waals surface area (Å²) in [5.41, 5.74) is 0.212. The summed E-state index contributed by atoms with van der Waals surface area (Å²) in [6, 6.07) is 3.42. The summed E-state index contributed by atoms with van der Waals surface area (Å²) in [7, 11) is 1.22. The highest BCUT2D eigenvalue weighted by molar-refractivity contribution is 6.01. The van der Waals surface area contributed by atoms with Crippen LogP contribution >= 0.6 is 0 Å². The minimum atomic E-state index is -0.635. The third-order valence-corrected chi connectivity index (χ3v) is 3.09. The fourth-order valence-electron chi connectivity index (χ4n) is 2.08. The van der Waals surface area contributed by atoms with Crippen molar-refractivity contribution in [2.75, 3.05) is 32.2 Å². The standard InChI is InChI=1S/C14H17FN2O4/c1-20-14(19)11-3-2-9(15)6-12(11)17-13(18)7-10-8-21-5-4-16-10/h2-3,6,10,16H,4-5,7-8H2,1H3,(H,17,18). The third-order valence-electron chi connectivity index (χ3n) is 3.09. The van der Waals surface area contributed by atoms with E-state index in [0.717, 1.165) is 12.1 Å². The summed E-state index contributed by atoms with van der Waals surface area (Å²) in [5, 5.41) is 5.68. The first kappa shape index (κ1) is 15.4. The van der Waals surface area contributed by atoms with E-state index in [1.54, 1.807) is 0 Å². The number of halogens is 1. The molecule has 7 heteroatoms. The molecule has 1 unspecified atom stereocenters. The quantitative estimate of drug-likeness (QED) is 0.808. The van der Waals surface area contributed by atoms with Crippen molar-refractivity contribution in [1.29, 1.82) is 0 Å². The lowest BCUT2D eigenvalue weighted by Gasteiger charge is -2.23. The zero-order valence-corrected chi connectivity index (χ0v) is 11.6. The molecule has 21 heavy (non-hydrogen) atoms. The Bertz CT molecular complexity index is 530. The van der Waals surface area contributed by atoms with Crippen LogP contribution < -0.4 is 10.6 Å². The summed E-state index contributed by atoms with van der Waals surface area (Å²) in [6.07, 6.45) is 0.178. The monoisotopic (exact) mass is 296 g/mol. The minimum Gasteiger partial charge on any atom is -0.465 e. The molecular weight excluding hydrogens is 279 g/mol. The highest BCUT2D eigenvalue weighted by atomic mass is 19.1. The molecule has 0 radical (unpaired) electrons. The molecule has 0 aliphatic carbocycles. The number of carbonyl (C=O) groups is 2. The van der Waals surface area contributed by atoms with E-state index in [4.69, 9.17) is 4.74 Å². The zero-order valence-electron chi connectivity index (χ0n) is 11.6. The SMILES string of the molecule is COC(=O)c1ccc(F)cc1NC(=O)CC1COCCN1. The van der Waals surface area contributed by atoms with Crippen LogP contribution in [-0.4, -0.2) is 44.8 Å². The Balaban J connectivity index is 2.05. The number of morpholine rings is 1. The topological polar surface area (TPSA) is 76.7 Å².